The number of nitrogens with one attached hydrogen (secondary N) is 1. The fourth-order valence-electron chi connectivity index (χ4n) is 2.48. The minimum absolute atomic E-state index is 0.0482. The second-order valence-corrected chi connectivity index (χ2v) is 5.64. The minimum Gasteiger partial charge on any atom is -0.497 e. The normalized spacial score (nSPS) is 11.5. The summed E-state index contributed by atoms with van der Waals surface area (Å²) in [5.41, 5.74) is 1.75. The quantitative estimate of drug-likeness (QED) is 0.418. The number of nitro groups is 1. The number of nitro benzene ring substituents is 1. The Morgan fingerprint density at radius 2 is 1.81 bits per heavy atom. The molecule has 2 aromatic carbocycles. The number of non-ortho nitro benzene ring substituents is 1. The molecule has 0 spiro atoms. The van der Waals surface area contributed by atoms with Crippen LogP contribution in [-0.4, -0.2) is 30.7 Å². The van der Waals surface area contributed by atoms with Gasteiger partial charge in [-0.05, 0) is 49.6 Å². The maximum atomic E-state index is 12.2. The van der Waals surface area contributed by atoms with E-state index in [0.29, 0.717) is 19.4 Å². The number of nitrogens with zero attached hydrogens (tertiary/aromatic N) is 1. The van der Waals surface area contributed by atoms with Crippen LogP contribution in [0.25, 0.3) is 0 Å². The Labute approximate surface area is 152 Å². The van der Waals surface area contributed by atoms with Crippen molar-refractivity contribution in [2.75, 3.05) is 19.0 Å². The third kappa shape index (κ3) is 5.47. The first-order chi connectivity index (χ1) is 12.5. The Bertz CT molecular complexity index is 729. The number of hydrogen-bond acceptors (Lipinski definition) is 6. The molecule has 2 rings (SSSR count). The Morgan fingerprint density at radius 3 is 2.35 bits per heavy atom. The van der Waals surface area contributed by atoms with Gasteiger partial charge in [-0.1, -0.05) is 12.1 Å². The molecule has 7 heteroatoms. The molecular weight excluding hydrogens is 336 g/mol. The smallest absolute Gasteiger partial charge is 0.328 e. The number of anilines is 1. The summed E-state index contributed by atoms with van der Waals surface area (Å²) >= 11 is 0. The molecule has 0 saturated heterocycles. The van der Waals surface area contributed by atoms with Gasteiger partial charge in [0.2, 0.25) is 0 Å². The van der Waals surface area contributed by atoms with E-state index in [1.54, 1.807) is 38.3 Å². The lowest BCUT2D eigenvalue weighted by Crippen LogP contribution is -2.32. The molecule has 2 aromatic rings. The maximum absolute atomic E-state index is 12.2. The fraction of sp³-hybridized carbons (Fsp3) is 0.316. The van der Waals surface area contributed by atoms with E-state index in [2.05, 4.69) is 5.32 Å². The van der Waals surface area contributed by atoms with Crippen LogP contribution in [0.3, 0.4) is 0 Å². The van der Waals surface area contributed by atoms with Crippen molar-refractivity contribution in [3.05, 3.63) is 64.2 Å². The minimum atomic E-state index is -0.515. The van der Waals surface area contributed by atoms with Gasteiger partial charge in [0.1, 0.15) is 11.8 Å². The predicted molar refractivity (Wildman–Crippen MR) is 98.5 cm³/mol. The SMILES string of the molecule is CCOC(=O)C(CCc1ccc([N+](=O)[O-])cc1)Nc1ccc(OC)cc1. The fourth-order valence-corrected chi connectivity index (χ4v) is 2.48. The largest absolute Gasteiger partial charge is 0.497 e. The lowest BCUT2D eigenvalue weighted by molar-refractivity contribution is -0.384. The highest BCUT2D eigenvalue weighted by atomic mass is 16.6. The standard InChI is InChI=1S/C19H22N2O5/c1-3-26-19(22)18(20-15-7-11-17(25-2)12-8-15)13-6-14-4-9-16(10-5-14)21(23)24/h4-5,7-12,18,20H,3,6,13H2,1-2H3. The van der Waals surface area contributed by atoms with Crippen LogP contribution in [0, 0.1) is 10.1 Å². The van der Waals surface area contributed by atoms with E-state index in [0.717, 1.165) is 17.0 Å². The highest BCUT2D eigenvalue weighted by molar-refractivity contribution is 5.79. The van der Waals surface area contributed by atoms with Gasteiger partial charge < -0.3 is 14.8 Å². The van der Waals surface area contributed by atoms with E-state index in [4.69, 9.17) is 9.47 Å². The summed E-state index contributed by atoms with van der Waals surface area (Å²) in [6.45, 7) is 2.07. The zero-order valence-electron chi connectivity index (χ0n) is 14.8. The van der Waals surface area contributed by atoms with Crippen molar-refractivity contribution in [2.45, 2.75) is 25.8 Å². The third-order valence-electron chi connectivity index (χ3n) is 3.87. The molecule has 0 aliphatic carbocycles. The van der Waals surface area contributed by atoms with E-state index in [9.17, 15) is 14.9 Å². The summed E-state index contributed by atoms with van der Waals surface area (Å²) in [4.78, 5) is 22.5. The third-order valence-corrected chi connectivity index (χ3v) is 3.87. The molecule has 1 N–H and O–H groups in total. The number of rotatable bonds is 9. The van der Waals surface area contributed by atoms with Crippen molar-refractivity contribution in [1.82, 2.24) is 0 Å². The summed E-state index contributed by atoms with van der Waals surface area (Å²) in [6.07, 6.45) is 1.09. The lowest BCUT2D eigenvalue weighted by Gasteiger charge is -2.18. The number of carbonyl (C=O) groups excluding carboxylic acids is 1. The Balaban J connectivity index is 2.03. The number of ether oxygens (including phenoxy) is 2. The molecule has 26 heavy (non-hydrogen) atoms. The van der Waals surface area contributed by atoms with Crippen LogP contribution >= 0.6 is 0 Å². The number of benzene rings is 2. The van der Waals surface area contributed by atoms with Gasteiger partial charge in [-0.15, -0.1) is 0 Å². The van der Waals surface area contributed by atoms with Crippen LogP contribution in [0.1, 0.15) is 18.9 Å². The van der Waals surface area contributed by atoms with Gasteiger partial charge >= 0.3 is 5.97 Å². The monoisotopic (exact) mass is 358 g/mol. The number of methoxy groups -OCH3 is 1. The van der Waals surface area contributed by atoms with Crippen LogP contribution in [0.15, 0.2) is 48.5 Å². The van der Waals surface area contributed by atoms with Crippen LogP contribution in [0.4, 0.5) is 11.4 Å². The predicted octanol–water partition coefficient (Wildman–Crippen LogP) is 3.58. The maximum Gasteiger partial charge on any atom is 0.328 e. The van der Waals surface area contributed by atoms with E-state index < -0.39 is 11.0 Å². The molecule has 0 aliphatic rings. The second kappa shape index (κ2) is 9.41. The number of carbonyl (C=O) groups is 1. The molecule has 0 aromatic heterocycles. The number of hydrogen-bond donors (Lipinski definition) is 1. The van der Waals surface area contributed by atoms with Crippen LogP contribution < -0.4 is 10.1 Å². The topological polar surface area (TPSA) is 90.7 Å². The van der Waals surface area contributed by atoms with Gasteiger partial charge in [0, 0.05) is 17.8 Å². The summed E-state index contributed by atoms with van der Waals surface area (Å²) in [5.74, 6) is 0.402. The Kier molecular flexibility index (Phi) is 6.96. The molecule has 0 heterocycles. The van der Waals surface area contributed by atoms with Crippen molar-refractivity contribution < 1.29 is 19.2 Å². The zero-order chi connectivity index (χ0) is 18.9. The molecule has 138 valence electrons. The second-order valence-electron chi connectivity index (χ2n) is 5.64. The van der Waals surface area contributed by atoms with Crippen molar-refractivity contribution in [3.8, 4) is 5.75 Å². The van der Waals surface area contributed by atoms with Gasteiger partial charge in [0.25, 0.3) is 5.69 Å². The molecule has 0 fully saturated rings. The van der Waals surface area contributed by atoms with E-state index >= 15 is 0 Å². The van der Waals surface area contributed by atoms with Crippen molar-refractivity contribution in [3.63, 3.8) is 0 Å². The highest BCUT2D eigenvalue weighted by Gasteiger charge is 2.19. The first-order valence-electron chi connectivity index (χ1n) is 8.34. The number of esters is 1. The van der Waals surface area contributed by atoms with E-state index in [-0.39, 0.29) is 11.7 Å². The molecule has 0 amide bonds. The molecule has 1 atom stereocenters. The average molecular weight is 358 g/mol. The summed E-state index contributed by atoms with van der Waals surface area (Å²) in [6, 6.07) is 13.1. The zero-order valence-corrected chi connectivity index (χ0v) is 14.8. The Hall–Kier alpha value is -3.09. The molecular formula is C19H22N2O5. The van der Waals surface area contributed by atoms with E-state index in [1.807, 2.05) is 12.1 Å². The average Bonchev–Trinajstić information content (AvgIpc) is 2.66. The van der Waals surface area contributed by atoms with E-state index in [1.165, 1.54) is 12.1 Å². The molecule has 7 nitrogen and oxygen atoms in total. The summed E-state index contributed by atoms with van der Waals surface area (Å²) < 4.78 is 10.3. The summed E-state index contributed by atoms with van der Waals surface area (Å²) in [7, 11) is 1.59. The van der Waals surface area contributed by atoms with Gasteiger partial charge in [0.05, 0.1) is 18.6 Å². The Morgan fingerprint density at radius 1 is 1.15 bits per heavy atom. The van der Waals surface area contributed by atoms with Crippen molar-refractivity contribution >= 4 is 17.3 Å². The highest BCUT2D eigenvalue weighted by Crippen LogP contribution is 2.19. The number of aryl methyl sites for hydroxylation is 1. The molecule has 0 radical (unpaired) electrons. The first-order valence-corrected chi connectivity index (χ1v) is 8.34. The van der Waals surface area contributed by atoms with Crippen LogP contribution in [0.2, 0.25) is 0 Å². The summed E-state index contributed by atoms with van der Waals surface area (Å²) in [5, 5.41) is 13.9. The molecule has 0 saturated carbocycles. The molecule has 0 bridgehead atoms. The van der Waals surface area contributed by atoms with Gasteiger partial charge in [-0.3, -0.25) is 10.1 Å². The van der Waals surface area contributed by atoms with Gasteiger partial charge in [0.15, 0.2) is 0 Å². The van der Waals surface area contributed by atoms with Crippen LogP contribution in [0.5, 0.6) is 5.75 Å². The van der Waals surface area contributed by atoms with Crippen LogP contribution in [-0.2, 0) is 16.0 Å². The van der Waals surface area contributed by atoms with Gasteiger partial charge in [-0.2, -0.15) is 0 Å². The molecule has 0 aliphatic heterocycles. The first kappa shape index (κ1) is 19.2. The van der Waals surface area contributed by atoms with Gasteiger partial charge in [-0.25, -0.2) is 4.79 Å². The lowest BCUT2D eigenvalue weighted by atomic mass is 10.0. The van der Waals surface area contributed by atoms with Crippen molar-refractivity contribution in [1.29, 1.82) is 0 Å². The van der Waals surface area contributed by atoms with Crippen molar-refractivity contribution in [2.24, 2.45) is 0 Å². The molecule has 1 unspecified atom stereocenters.